The Balaban J connectivity index is 2.88. The molecule has 0 bridgehead atoms. The zero-order valence-electron chi connectivity index (χ0n) is 9.87. The van der Waals surface area contributed by atoms with Gasteiger partial charge in [0.25, 0.3) is 5.91 Å². The van der Waals surface area contributed by atoms with Crippen LogP contribution in [-0.2, 0) is 0 Å². The quantitative estimate of drug-likeness (QED) is 0.846. The van der Waals surface area contributed by atoms with Crippen molar-refractivity contribution in [3.05, 3.63) is 28.8 Å². The largest absolute Gasteiger partial charge is 0.496 e. The van der Waals surface area contributed by atoms with Crippen LogP contribution in [0.4, 0.5) is 0 Å². The van der Waals surface area contributed by atoms with E-state index in [0.29, 0.717) is 22.8 Å². The SMILES string of the molecule is COc1cccc(Cl)c1C(=O)NC(C)CCO. The molecule has 17 heavy (non-hydrogen) atoms. The van der Waals surface area contributed by atoms with Crippen molar-refractivity contribution < 1.29 is 14.6 Å². The zero-order valence-corrected chi connectivity index (χ0v) is 10.6. The van der Waals surface area contributed by atoms with Crippen molar-refractivity contribution in [1.29, 1.82) is 0 Å². The molecule has 94 valence electrons. The van der Waals surface area contributed by atoms with Crippen LogP contribution in [0.1, 0.15) is 23.7 Å². The van der Waals surface area contributed by atoms with Gasteiger partial charge in [0.05, 0.1) is 17.7 Å². The highest BCUT2D eigenvalue weighted by Gasteiger charge is 2.17. The van der Waals surface area contributed by atoms with Crippen molar-refractivity contribution in [3.63, 3.8) is 0 Å². The Morgan fingerprint density at radius 2 is 2.29 bits per heavy atom. The number of rotatable bonds is 5. The Hall–Kier alpha value is -1.26. The Morgan fingerprint density at radius 3 is 2.88 bits per heavy atom. The lowest BCUT2D eigenvalue weighted by Gasteiger charge is -2.15. The predicted molar refractivity (Wildman–Crippen MR) is 66.6 cm³/mol. The van der Waals surface area contributed by atoms with Gasteiger partial charge in [0.2, 0.25) is 0 Å². The number of amides is 1. The number of hydrogen-bond acceptors (Lipinski definition) is 3. The minimum Gasteiger partial charge on any atom is -0.496 e. The summed E-state index contributed by atoms with van der Waals surface area (Å²) in [5.74, 6) is 0.139. The molecule has 0 aliphatic rings. The van der Waals surface area contributed by atoms with Crippen LogP contribution in [0.15, 0.2) is 18.2 Å². The second kappa shape index (κ2) is 6.47. The van der Waals surface area contributed by atoms with Gasteiger partial charge in [-0.3, -0.25) is 4.79 Å². The molecule has 1 aromatic rings. The van der Waals surface area contributed by atoms with E-state index in [2.05, 4.69) is 5.32 Å². The molecular formula is C12H16ClNO3. The molecule has 2 N–H and O–H groups in total. The molecule has 0 radical (unpaired) electrons. The highest BCUT2D eigenvalue weighted by Crippen LogP contribution is 2.26. The van der Waals surface area contributed by atoms with Crippen LogP contribution in [-0.4, -0.2) is 30.8 Å². The smallest absolute Gasteiger partial charge is 0.256 e. The standard InChI is InChI=1S/C12H16ClNO3/c1-8(6-7-15)14-12(16)11-9(13)4-3-5-10(11)17-2/h3-5,8,15H,6-7H2,1-2H3,(H,14,16). The van der Waals surface area contributed by atoms with Gasteiger partial charge in [-0.25, -0.2) is 0 Å². The Bertz CT molecular complexity index is 395. The van der Waals surface area contributed by atoms with Crippen molar-refractivity contribution in [3.8, 4) is 5.75 Å². The molecule has 0 fully saturated rings. The maximum atomic E-state index is 12.0. The lowest BCUT2D eigenvalue weighted by Crippen LogP contribution is -2.33. The van der Waals surface area contributed by atoms with Gasteiger partial charge in [0.1, 0.15) is 5.75 Å². The van der Waals surface area contributed by atoms with E-state index < -0.39 is 0 Å². The first-order chi connectivity index (χ1) is 8.10. The third-order valence-corrected chi connectivity index (χ3v) is 2.68. The van der Waals surface area contributed by atoms with E-state index >= 15 is 0 Å². The Morgan fingerprint density at radius 1 is 1.59 bits per heavy atom. The minimum absolute atomic E-state index is 0.0289. The predicted octanol–water partition coefficient (Wildman–Crippen LogP) is 1.85. The number of aliphatic hydroxyl groups is 1. The van der Waals surface area contributed by atoms with Gasteiger partial charge in [-0.1, -0.05) is 17.7 Å². The normalized spacial score (nSPS) is 12.0. The first-order valence-electron chi connectivity index (χ1n) is 5.34. The summed E-state index contributed by atoms with van der Waals surface area (Å²) in [7, 11) is 1.49. The van der Waals surface area contributed by atoms with E-state index in [4.69, 9.17) is 21.4 Å². The molecule has 0 saturated heterocycles. The second-order valence-electron chi connectivity index (χ2n) is 3.70. The molecule has 0 aromatic heterocycles. The monoisotopic (exact) mass is 257 g/mol. The van der Waals surface area contributed by atoms with E-state index in [-0.39, 0.29) is 18.6 Å². The molecular weight excluding hydrogens is 242 g/mol. The number of benzene rings is 1. The first-order valence-corrected chi connectivity index (χ1v) is 5.72. The summed E-state index contributed by atoms with van der Waals surface area (Å²) in [6, 6.07) is 4.91. The maximum Gasteiger partial charge on any atom is 0.256 e. The molecule has 0 spiro atoms. The van der Waals surface area contributed by atoms with Crippen molar-refractivity contribution in [2.45, 2.75) is 19.4 Å². The van der Waals surface area contributed by atoms with Crippen LogP contribution < -0.4 is 10.1 Å². The molecule has 4 nitrogen and oxygen atoms in total. The third kappa shape index (κ3) is 3.61. The van der Waals surface area contributed by atoms with Crippen LogP contribution in [0.5, 0.6) is 5.75 Å². The van der Waals surface area contributed by atoms with E-state index in [1.807, 2.05) is 6.92 Å². The molecule has 0 heterocycles. The molecule has 1 aromatic carbocycles. The van der Waals surface area contributed by atoms with Crippen LogP contribution in [0.3, 0.4) is 0 Å². The van der Waals surface area contributed by atoms with Gasteiger partial charge >= 0.3 is 0 Å². The van der Waals surface area contributed by atoms with E-state index in [1.165, 1.54) is 7.11 Å². The fraction of sp³-hybridized carbons (Fsp3) is 0.417. The molecule has 1 unspecified atom stereocenters. The number of carbonyl (C=O) groups excluding carboxylic acids is 1. The highest BCUT2D eigenvalue weighted by molar-refractivity contribution is 6.34. The van der Waals surface area contributed by atoms with Gasteiger partial charge < -0.3 is 15.2 Å². The van der Waals surface area contributed by atoms with Crippen molar-refractivity contribution in [2.24, 2.45) is 0 Å². The van der Waals surface area contributed by atoms with Gasteiger partial charge in [0.15, 0.2) is 0 Å². The average molecular weight is 258 g/mol. The van der Waals surface area contributed by atoms with Gasteiger partial charge in [-0.15, -0.1) is 0 Å². The third-order valence-electron chi connectivity index (χ3n) is 2.36. The second-order valence-corrected chi connectivity index (χ2v) is 4.11. The van der Waals surface area contributed by atoms with Gasteiger partial charge in [-0.2, -0.15) is 0 Å². The summed E-state index contributed by atoms with van der Waals surface area (Å²) in [6.45, 7) is 1.85. The molecule has 1 atom stereocenters. The zero-order chi connectivity index (χ0) is 12.8. The molecule has 0 aliphatic heterocycles. The fourth-order valence-electron chi connectivity index (χ4n) is 1.46. The summed E-state index contributed by atoms with van der Waals surface area (Å²) in [5, 5.41) is 11.9. The van der Waals surface area contributed by atoms with Crippen LogP contribution in [0, 0.1) is 0 Å². The first kappa shape index (κ1) is 13.8. The van der Waals surface area contributed by atoms with Crippen molar-refractivity contribution in [1.82, 2.24) is 5.32 Å². The summed E-state index contributed by atoms with van der Waals surface area (Å²) < 4.78 is 5.09. The molecule has 1 rings (SSSR count). The van der Waals surface area contributed by atoms with E-state index in [1.54, 1.807) is 18.2 Å². The number of halogens is 1. The van der Waals surface area contributed by atoms with E-state index in [0.717, 1.165) is 0 Å². The number of nitrogens with one attached hydrogen (secondary N) is 1. The van der Waals surface area contributed by atoms with Crippen LogP contribution in [0.2, 0.25) is 5.02 Å². The Kier molecular flexibility index (Phi) is 5.25. The lowest BCUT2D eigenvalue weighted by molar-refractivity contribution is 0.0931. The topological polar surface area (TPSA) is 58.6 Å². The Labute approximate surface area is 106 Å². The number of carbonyl (C=O) groups is 1. The summed E-state index contributed by atoms with van der Waals surface area (Å²) in [6.07, 6.45) is 0.499. The maximum absolute atomic E-state index is 12.0. The van der Waals surface area contributed by atoms with Crippen molar-refractivity contribution in [2.75, 3.05) is 13.7 Å². The van der Waals surface area contributed by atoms with Crippen LogP contribution >= 0.6 is 11.6 Å². The molecule has 0 aliphatic carbocycles. The minimum atomic E-state index is -0.298. The number of methoxy groups -OCH3 is 1. The van der Waals surface area contributed by atoms with Gasteiger partial charge in [-0.05, 0) is 25.5 Å². The number of aliphatic hydroxyl groups excluding tert-OH is 1. The average Bonchev–Trinajstić information content (AvgIpc) is 2.28. The summed E-state index contributed by atoms with van der Waals surface area (Å²) in [4.78, 5) is 12.0. The summed E-state index contributed by atoms with van der Waals surface area (Å²) in [5.41, 5.74) is 0.321. The summed E-state index contributed by atoms with van der Waals surface area (Å²) >= 11 is 5.97. The van der Waals surface area contributed by atoms with Crippen molar-refractivity contribution >= 4 is 17.5 Å². The van der Waals surface area contributed by atoms with E-state index in [9.17, 15) is 4.79 Å². The highest BCUT2D eigenvalue weighted by atomic mass is 35.5. The number of hydrogen-bond donors (Lipinski definition) is 2. The van der Waals surface area contributed by atoms with Crippen LogP contribution in [0.25, 0.3) is 0 Å². The number of ether oxygens (including phenoxy) is 1. The molecule has 0 saturated carbocycles. The molecule has 5 heteroatoms. The molecule has 1 amide bonds. The fourth-order valence-corrected chi connectivity index (χ4v) is 1.71. The van der Waals surface area contributed by atoms with Gasteiger partial charge in [0, 0.05) is 12.6 Å². The lowest BCUT2D eigenvalue weighted by atomic mass is 10.1.